The van der Waals surface area contributed by atoms with E-state index < -0.39 is 0 Å². The lowest BCUT2D eigenvalue weighted by atomic mass is 10.1. The summed E-state index contributed by atoms with van der Waals surface area (Å²) in [6, 6.07) is 10.3. The summed E-state index contributed by atoms with van der Waals surface area (Å²) in [5.41, 5.74) is 6.39. The van der Waals surface area contributed by atoms with Crippen molar-refractivity contribution in [3.8, 4) is 10.6 Å². The molecule has 2 amide bonds. The van der Waals surface area contributed by atoms with Gasteiger partial charge in [-0.15, -0.1) is 11.3 Å². The Hall–Kier alpha value is -2.42. The van der Waals surface area contributed by atoms with Gasteiger partial charge in [0.15, 0.2) is 0 Å². The van der Waals surface area contributed by atoms with Crippen LogP contribution < -0.4 is 15.1 Å². The van der Waals surface area contributed by atoms with Crippen LogP contribution in [-0.2, 0) is 6.42 Å². The lowest BCUT2D eigenvalue weighted by molar-refractivity contribution is 0.257. The number of thiazole rings is 1. The number of fused-ring (bicyclic) bond motifs is 1. The fraction of sp³-hybridized carbons (Fsp3) is 0.333. The van der Waals surface area contributed by atoms with Crippen LogP contribution in [-0.4, -0.2) is 55.7 Å². The highest BCUT2D eigenvalue weighted by Gasteiger charge is 2.28. The monoisotopic (exact) mass is 511 g/mol. The maximum atomic E-state index is 13.2. The largest absolute Gasteiger partial charge is 0.368 e. The van der Waals surface area contributed by atoms with Crippen LogP contribution in [0, 0.1) is 6.92 Å². The van der Waals surface area contributed by atoms with Crippen molar-refractivity contribution in [2.24, 2.45) is 0 Å². The second kappa shape index (κ2) is 8.84. The molecule has 2 aliphatic heterocycles. The van der Waals surface area contributed by atoms with E-state index in [0.29, 0.717) is 6.54 Å². The Morgan fingerprint density at radius 3 is 2.62 bits per heavy atom. The molecule has 0 unspecified atom stereocenters. The Kier molecular flexibility index (Phi) is 5.92. The highest BCUT2D eigenvalue weighted by atomic mass is 79.9. The number of aryl methyl sites for hydroxylation is 1. The molecular weight excluding hydrogens is 486 g/mol. The average Bonchev–Trinajstić information content (AvgIpc) is 3.44. The Morgan fingerprint density at radius 1 is 1.09 bits per heavy atom. The second-order valence-corrected chi connectivity index (χ2v) is 10.2. The number of amides is 2. The molecule has 0 spiro atoms. The smallest absolute Gasteiger partial charge is 0.326 e. The maximum absolute atomic E-state index is 13.2. The number of hydrogen-bond acceptors (Lipinski definition) is 5. The van der Waals surface area contributed by atoms with Crippen LogP contribution in [0.5, 0.6) is 0 Å². The van der Waals surface area contributed by atoms with Crippen LogP contribution in [0.4, 0.5) is 21.9 Å². The molecule has 1 N–H and O–H groups in total. The summed E-state index contributed by atoms with van der Waals surface area (Å²) in [5, 5.41) is 6.07. The van der Waals surface area contributed by atoms with Crippen LogP contribution >= 0.6 is 27.3 Å². The van der Waals surface area contributed by atoms with Gasteiger partial charge >= 0.3 is 6.03 Å². The van der Waals surface area contributed by atoms with Crippen molar-refractivity contribution >= 4 is 50.4 Å². The maximum Gasteiger partial charge on any atom is 0.326 e. The van der Waals surface area contributed by atoms with Gasteiger partial charge in [-0.25, -0.2) is 9.78 Å². The molecule has 5 rings (SSSR count). The Bertz CT molecular complexity index is 1140. The number of nitrogens with one attached hydrogen (secondary N) is 1. The Morgan fingerprint density at radius 2 is 1.91 bits per heavy atom. The molecule has 32 heavy (non-hydrogen) atoms. The van der Waals surface area contributed by atoms with Crippen molar-refractivity contribution in [1.82, 2.24) is 9.88 Å². The number of carbonyl (C=O) groups is 1. The molecule has 2 aromatic carbocycles. The molecule has 3 aromatic rings. The number of hydrogen-bond donors (Lipinski definition) is 1. The van der Waals surface area contributed by atoms with Crippen molar-refractivity contribution in [2.45, 2.75) is 13.3 Å². The molecule has 0 radical (unpaired) electrons. The summed E-state index contributed by atoms with van der Waals surface area (Å²) in [5.74, 6) is 0. The number of rotatable bonds is 3. The van der Waals surface area contributed by atoms with Crippen molar-refractivity contribution in [1.29, 1.82) is 0 Å². The molecule has 1 fully saturated rings. The summed E-state index contributed by atoms with van der Waals surface area (Å²) in [4.78, 5) is 24.2. The zero-order valence-corrected chi connectivity index (χ0v) is 20.7. The minimum atomic E-state index is -0.0863. The molecule has 1 saturated heterocycles. The predicted octanol–water partition coefficient (Wildman–Crippen LogP) is 5.23. The summed E-state index contributed by atoms with van der Waals surface area (Å²) >= 11 is 5.38. The van der Waals surface area contributed by atoms with E-state index >= 15 is 0 Å². The first-order valence-corrected chi connectivity index (χ1v) is 12.5. The zero-order valence-electron chi connectivity index (χ0n) is 18.3. The molecule has 6 nitrogen and oxygen atoms in total. The third-order valence-electron chi connectivity index (χ3n) is 6.27. The number of anilines is 3. The number of likely N-dealkylation sites (N-methyl/N-ethyl adjacent to an activating group) is 1. The van der Waals surface area contributed by atoms with Gasteiger partial charge in [0, 0.05) is 60.0 Å². The van der Waals surface area contributed by atoms with Gasteiger partial charge in [0.05, 0.1) is 11.4 Å². The van der Waals surface area contributed by atoms with E-state index in [4.69, 9.17) is 0 Å². The van der Waals surface area contributed by atoms with E-state index in [9.17, 15) is 4.79 Å². The van der Waals surface area contributed by atoms with Crippen LogP contribution in [0.1, 0.15) is 11.1 Å². The number of carbonyl (C=O) groups excluding carboxylic acids is 1. The molecule has 3 heterocycles. The minimum absolute atomic E-state index is 0.0863. The highest BCUT2D eigenvalue weighted by Crippen LogP contribution is 2.38. The summed E-state index contributed by atoms with van der Waals surface area (Å²) in [7, 11) is 2.16. The first-order valence-electron chi connectivity index (χ1n) is 10.8. The molecule has 8 heteroatoms. The van der Waals surface area contributed by atoms with Crippen molar-refractivity contribution in [2.75, 3.05) is 54.9 Å². The standard InChI is InChI=1S/C24H26BrN5OS/c1-16-13-18(3-4-19(16)23-26-6-12-32-23)27-24(31)30-7-5-17-14-20(25)22(15-21(17)30)29-10-8-28(2)9-11-29/h3-4,6,12-15H,5,7-11H2,1-2H3,(H,27,31). The van der Waals surface area contributed by atoms with E-state index in [1.165, 1.54) is 11.3 Å². The Labute approximate surface area is 201 Å². The normalized spacial score (nSPS) is 16.3. The third-order valence-corrected chi connectivity index (χ3v) is 7.71. The SMILES string of the molecule is Cc1cc(NC(=O)N2CCc3cc(Br)c(N4CCN(C)CC4)cc32)ccc1-c1nccs1. The van der Waals surface area contributed by atoms with Gasteiger partial charge in [0.25, 0.3) is 0 Å². The van der Waals surface area contributed by atoms with Gasteiger partial charge in [-0.2, -0.15) is 0 Å². The Balaban J connectivity index is 1.35. The van der Waals surface area contributed by atoms with Gasteiger partial charge < -0.3 is 15.1 Å². The zero-order chi connectivity index (χ0) is 22.2. The number of aromatic nitrogens is 1. The lowest BCUT2D eigenvalue weighted by Gasteiger charge is -2.35. The average molecular weight is 512 g/mol. The van der Waals surface area contributed by atoms with Gasteiger partial charge in [-0.1, -0.05) is 0 Å². The lowest BCUT2D eigenvalue weighted by Crippen LogP contribution is -2.44. The molecule has 0 bridgehead atoms. The van der Waals surface area contributed by atoms with Crippen molar-refractivity contribution in [3.05, 3.63) is 57.5 Å². The summed E-state index contributed by atoms with van der Waals surface area (Å²) in [6.07, 6.45) is 2.68. The quantitative estimate of drug-likeness (QED) is 0.523. The predicted molar refractivity (Wildman–Crippen MR) is 136 cm³/mol. The van der Waals surface area contributed by atoms with Gasteiger partial charge in [0.1, 0.15) is 5.01 Å². The second-order valence-electron chi connectivity index (χ2n) is 8.42. The number of halogens is 1. The molecule has 0 atom stereocenters. The van der Waals surface area contributed by atoms with Crippen LogP contribution in [0.15, 0.2) is 46.4 Å². The third kappa shape index (κ3) is 4.14. The molecule has 0 saturated carbocycles. The number of benzene rings is 2. The van der Waals surface area contributed by atoms with Crippen molar-refractivity contribution < 1.29 is 4.79 Å². The minimum Gasteiger partial charge on any atom is -0.368 e. The summed E-state index contributed by atoms with van der Waals surface area (Å²) in [6.45, 7) is 6.82. The number of piperazine rings is 1. The molecule has 166 valence electrons. The highest BCUT2D eigenvalue weighted by molar-refractivity contribution is 9.10. The number of nitrogens with zero attached hydrogens (tertiary/aromatic N) is 4. The van der Waals surface area contributed by atoms with Gasteiger partial charge in [-0.05, 0) is 77.8 Å². The molecular formula is C24H26BrN5OS. The van der Waals surface area contributed by atoms with E-state index in [1.807, 2.05) is 34.7 Å². The van der Waals surface area contributed by atoms with Crippen LogP contribution in [0.2, 0.25) is 0 Å². The number of urea groups is 1. The first kappa shape index (κ1) is 21.4. The van der Waals surface area contributed by atoms with E-state index in [0.717, 1.165) is 64.6 Å². The van der Waals surface area contributed by atoms with Gasteiger partial charge in [-0.3, -0.25) is 4.90 Å². The molecule has 1 aromatic heterocycles. The van der Waals surface area contributed by atoms with Crippen molar-refractivity contribution in [3.63, 3.8) is 0 Å². The van der Waals surface area contributed by atoms with E-state index in [2.05, 4.69) is 62.1 Å². The molecule has 0 aliphatic carbocycles. The fourth-order valence-corrected chi connectivity index (χ4v) is 5.80. The van der Waals surface area contributed by atoms with E-state index in [-0.39, 0.29) is 6.03 Å². The summed E-state index contributed by atoms with van der Waals surface area (Å²) < 4.78 is 1.11. The topological polar surface area (TPSA) is 51.7 Å². The first-order chi connectivity index (χ1) is 15.5. The molecule has 2 aliphatic rings. The van der Waals surface area contributed by atoms with Gasteiger partial charge in [0.2, 0.25) is 0 Å². The fourth-order valence-electron chi connectivity index (χ4n) is 4.43. The van der Waals surface area contributed by atoms with E-state index in [1.54, 1.807) is 11.3 Å². The van der Waals surface area contributed by atoms with Crippen LogP contribution in [0.25, 0.3) is 10.6 Å². The van der Waals surface area contributed by atoms with Crippen LogP contribution in [0.3, 0.4) is 0 Å².